The number of nitrogens with zero attached hydrogens (tertiary/aromatic N) is 1. The summed E-state index contributed by atoms with van der Waals surface area (Å²) in [6.07, 6.45) is 0. The molecule has 4 heteroatoms. The van der Waals surface area contributed by atoms with Crippen LogP contribution in [-0.2, 0) is 4.79 Å². The Morgan fingerprint density at radius 1 is 1.28 bits per heavy atom. The second-order valence-corrected chi connectivity index (χ2v) is 5.44. The van der Waals surface area contributed by atoms with E-state index in [9.17, 15) is 4.79 Å². The highest BCUT2D eigenvalue weighted by Crippen LogP contribution is 2.31. The zero-order valence-corrected chi connectivity index (χ0v) is 11.5. The molecule has 3 nitrogen and oxygen atoms in total. The number of thioether (sulfide) groups is 1. The fraction of sp³-hybridized carbons (Fsp3) is 0.286. The van der Waals surface area contributed by atoms with Gasteiger partial charge in [-0.15, -0.1) is 11.8 Å². The van der Waals surface area contributed by atoms with Gasteiger partial charge in [-0.2, -0.15) is 0 Å². The first-order valence-electron chi connectivity index (χ1n) is 5.70. The van der Waals surface area contributed by atoms with Crippen LogP contribution in [0.5, 0.6) is 0 Å². The number of rotatable bonds is 3. The molecule has 0 atom stereocenters. The average molecular weight is 261 g/mol. The summed E-state index contributed by atoms with van der Waals surface area (Å²) < 4.78 is 0. The van der Waals surface area contributed by atoms with E-state index in [0.29, 0.717) is 0 Å². The maximum atomic E-state index is 10.7. The van der Waals surface area contributed by atoms with E-state index in [4.69, 9.17) is 5.11 Å². The summed E-state index contributed by atoms with van der Waals surface area (Å²) in [7, 11) is 0. The van der Waals surface area contributed by atoms with Crippen molar-refractivity contribution in [1.82, 2.24) is 4.98 Å². The van der Waals surface area contributed by atoms with Gasteiger partial charge in [0, 0.05) is 16.0 Å². The van der Waals surface area contributed by atoms with E-state index >= 15 is 0 Å². The van der Waals surface area contributed by atoms with Crippen LogP contribution in [0.3, 0.4) is 0 Å². The third-order valence-electron chi connectivity index (χ3n) is 2.69. The smallest absolute Gasteiger partial charge is 0.313 e. The molecule has 0 aliphatic heterocycles. The summed E-state index contributed by atoms with van der Waals surface area (Å²) >= 11 is 1.35. The predicted octanol–water partition coefficient (Wildman–Crippen LogP) is 3.34. The van der Waals surface area contributed by atoms with Gasteiger partial charge < -0.3 is 5.11 Å². The summed E-state index contributed by atoms with van der Waals surface area (Å²) in [5.74, 6) is -0.723. The van der Waals surface area contributed by atoms with E-state index in [2.05, 4.69) is 11.1 Å². The fourth-order valence-corrected chi connectivity index (χ4v) is 3.03. The highest BCUT2D eigenvalue weighted by Gasteiger charge is 2.09. The van der Waals surface area contributed by atoms with Gasteiger partial charge in [-0.1, -0.05) is 6.07 Å². The van der Waals surface area contributed by atoms with E-state index < -0.39 is 5.97 Å². The minimum absolute atomic E-state index is 0.0753. The molecule has 0 fully saturated rings. The molecule has 0 saturated carbocycles. The van der Waals surface area contributed by atoms with Gasteiger partial charge in [0.2, 0.25) is 0 Å². The SMILES string of the molecule is Cc1cc(C)c2c(SCC(=O)O)cc(C)nc2c1. The molecule has 0 saturated heterocycles. The Balaban J connectivity index is 2.60. The van der Waals surface area contributed by atoms with E-state index in [-0.39, 0.29) is 5.75 Å². The van der Waals surface area contributed by atoms with Crippen molar-refractivity contribution in [2.24, 2.45) is 0 Å². The molecule has 2 rings (SSSR count). The molecule has 0 bridgehead atoms. The quantitative estimate of drug-likeness (QED) is 0.861. The minimum Gasteiger partial charge on any atom is -0.481 e. The second-order valence-electron chi connectivity index (χ2n) is 4.42. The Hall–Kier alpha value is -1.55. The molecule has 18 heavy (non-hydrogen) atoms. The highest BCUT2D eigenvalue weighted by atomic mass is 32.2. The van der Waals surface area contributed by atoms with Crippen LogP contribution in [0.25, 0.3) is 10.9 Å². The summed E-state index contributed by atoms with van der Waals surface area (Å²) in [6.45, 7) is 6.01. The first kappa shape index (κ1) is 12.9. The van der Waals surface area contributed by atoms with Crippen molar-refractivity contribution in [3.8, 4) is 0 Å². The first-order chi connectivity index (χ1) is 8.47. The van der Waals surface area contributed by atoms with Gasteiger partial charge in [-0.25, -0.2) is 0 Å². The van der Waals surface area contributed by atoms with Crippen LogP contribution in [0.1, 0.15) is 16.8 Å². The lowest BCUT2D eigenvalue weighted by atomic mass is 10.1. The lowest BCUT2D eigenvalue weighted by molar-refractivity contribution is -0.133. The Bertz CT molecular complexity index is 617. The standard InChI is InChI=1S/C14H15NO2S/c1-8-4-9(2)14-11(5-8)15-10(3)6-12(14)18-7-13(16)17/h4-6H,7H2,1-3H3,(H,16,17). The fourth-order valence-electron chi connectivity index (χ4n) is 2.09. The Kier molecular flexibility index (Phi) is 3.57. The zero-order valence-electron chi connectivity index (χ0n) is 10.7. The van der Waals surface area contributed by atoms with Crippen molar-refractivity contribution >= 4 is 28.6 Å². The zero-order chi connectivity index (χ0) is 13.3. The van der Waals surface area contributed by atoms with Crippen molar-refractivity contribution in [2.75, 3.05) is 5.75 Å². The highest BCUT2D eigenvalue weighted by molar-refractivity contribution is 8.00. The monoisotopic (exact) mass is 261 g/mol. The van der Waals surface area contributed by atoms with Crippen LogP contribution >= 0.6 is 11.8 Å². The number of carbonyl (C=O) groups is 1. The lowest BCUT2D eigenvalue weighted by Crippen LogP contribution is -1.99. The Morgan fingerprint density at radius 2 is 2.00 bits per heavy atom. The van der Waals surface area contributed by atoms with Gasteiger partial charge in [0.05, 0.1) is 11.3 Å². The first-order valence-corrected chi connectivity index (χ1v) is 6.69. The van der Waals surface area contributed by atoms with Gasteiger partial charge in [-0.3, -0.25) is 9.78 Å². The number of aliphatic carboxylic acids is 1. The third-order valence-corrected chi connectivity index (χ3v) is 3.72. The Morgan fingerprint density at radius 3 is 2.67 bits per heavy atom. The molecule has 1 N–H and O–H groups in total. The summed E-state index contributed by atoms with van der Waals surface area (Å²) in [5, 5.41) is 9.86. The van der Waals surface area contributed by atoms with E-state index in [1.165, 1.54) is 17.3 Å². The van der Waals surface area contributed by atoms with Gasteiger partial charge in [0.1, 0.15) is 0 Å². The van der Waals surface area contributed by atoms with E-state index in [1.54, 1.807) is 0 Å². The lowest BCUT2D eigenvalue weighted by Gasteiger charge is -2.10. The molecular formula is C14H15NO2S. The third kappa shape index (κ3) is 2.64. The van der Waals surface area contributed by atoms with Crippen LogP contribution in [0.4, 0.5) is 0 Å². The van der Waals surface area contributed by atoms with Crippen molar-refractivity contribution in [1.29, 1.82) is 0 Å². The number of hydrogen-bond donors (Lipinski definition) is 1. The number of aromatic nitrogens is 1. The van der Waals surface area contributed by atoms with Crippen molar-refractivity contribution in [3.63, 3.8) is 0 Å². The molecule has 94 valence electrons. The molecule has 0 aliphatic rings. The van der Waals surface area contributed by atoms with Crippen LogP contribution in [-0.4, -0.2) is 21.8 Å². The summed E-state index contributed by atoms with van der Waals surface area (Å²) in [6, 6.07) is 6.10. The maximum Gasteiger partial charge on any atom is 0.313 e. The molecule has 0 amide bonds. The van der Waals surface area contributed by atoms with E-state index in [1.807, 2.05) is 32.9 Å². The average Bonchev–Trinajstić information content (AvgIpc) is 2.24. The van der Waals surface area contributed by atoms with Gasteiger partial charge in [0.15, 0.2) is 0 Å². The molecule has 0 aliphatic carbocycles. The number of pyridine rings is 1. The largest absolute Gasteiger partial charge is 0.481 e. The molecule has 1 aromatic heterocycles. The van der Waals surface area contributed by atoms with Crippen LogP contribution in [0.2, 0.25) is 0 Å². The van der Waals surface area contributed by atoms with Gasteiger partial charge >= 0.3 is 5.97 Å². The normalized spacial score (nSPS) is 10.8. The topological polar surface area (TPSA) is 50.2 Å². The number of carboxylic acid groups (broad SMARTS) is 1. The van der Waals surface area contributed by atoms with Crippen LogP contribution in [0.15, 0.2) is 23.1 Å². The molecule has 1 heterocycles. The summed E-state index contributed by atoms with van der Waals surface area (Å²) in [4.78, 5) is 16.2. The summed E-state index contributed by atoms with van der Waals surface area (Å²) in [5.41, 5.74) is 4.18. The van der Waals surface area contributed by atoms with E-state index in [0.717, 1.165) is 27.1 Å². The number of aryl methyl sites for hydroxylation is 3. The molecular weight excluding hydrogens is 246 g/mol. The number of carboxylic acids is 1. The molecule has 0 unspecified atom stereocenters. The number of hydrogen-bond acceptors (Lipinski definition) is 3. The predicted molar refractivity (Wildman–Crippen MR) is 74.3 cm³/mol. The molecule has 2 aromatic rings. The van der Waals surface area contributed by atoms with Crippen LogP contribution in [0, 0.1) is 20.8 Å². The Labute approximate surface area is 110 Å². The van der Waals surface area contributed by atoms with Crippen LogP contribution < -0.4 is 0 Å². The molecule has 0 spiro atoms. The second kappa shape index (κ2) is 4.98. The number of fused-ring (bicyclic) bond motifs is 1. The van der Waals surface area contributed by atoms with Crippen molar-refractivity contribution in [2.45, 2.75) is 25.7 Å². The molecule has 1 aromatic carbocycles. The van der Waals surface area contributed by atoms with Crippen molar-refractivity contribution in [3.05, 3.63) is 35.0 Å². The van der Waals surface area contributed by atoms with Gasteiger partial charge in [-0.05, 0) is 44.0 Å². The minimum atomic E-state index is -0.799. The van der Waals surface area contributed by atoms with Crippen molar-refractivity contribution < 1.29 is 9.90 Å². The molecule has 0 radical (unpaired) electrons. The van der Waals surface area contributed by atoms with Gasteiger partial charge in [0.25, 0.3) is 0 Å². The number of benzene rings is 1. The maximum absolute atomic E-state index is 10.7.